The smallest absolute Gasteiger partial charge is 0.225 e. The first-order valence-electron chi connectivity index (χ1n) is 2.68. The summed E-state index contributed by atoms with van der Waals surface area (Å²) in [5.41, 5.74) is 0.708. The Kier molecular flexibility index (Phi) is 1.07. The third-order valence-electron chi connectivity index (χ3n) is 1.15. The van der Waals surface area contributed by atoms with Gasteiger partial charge in [-0.1, -0.05) is 0 Å². The van der Waals surface area contributed by atoms with Crippen LogP contribution in [0.4, 0.5) is 0 Å². The van der Waals surface area contributed by atoms with Crippen LogP contribution >= 0.6 is 11.6 Å². The molecule has 2 aromatic heterocycles. The molecule has 4 nitrogen and oxygen atoms in total. The summed E-state index contributed by atoms with van der Waals surface area (Å²) < 4.78 is 1.46. The summed E-state index contributed by atoms with van der Waals surface area (Å²) in [5.74, 6) is 0. The minimum atomic E-state index is 0.329. The van der Waals surface area contributed by atoms with Crippen LogP contribution < -0.4 is 0 Å². The van der Waals surface area contributed by atoms with E-state index in [1.807, 2.05) is 0 Å². The third-order valence-corrected chi connectivity index (χ3v) is 1.41. The molecular weight excluding hydrogens is 152 g/mol. The summed E-state index contributed by atoms with van der Waals surface area (Å²) in [6.07, 6.45) is 3.02. The van der Waals surface area contributed by atoms with Crippen LogP contribution in [0.1, 0.15) is 0 Å². The molecule has 2 aromatic rings. The number of fused-ring (bicyclic) bond motifs is 1. The summed E-state index contributed by atoms with van der Waals surface area (Å²) in [6.45, 7) is 0. The van der Waals surface area contributed by atoms with E-state index < -0.39 is 0 Å². The van der Waals surface area contributed by atoms with Crippen molar-refractivity contribution in [2.24, 2.45) is 0 Å². The lowest BCUT2D eigenvalue weighted by Crippen LogP contribution is -1.90. The van der Waals surface area contributed by atoms with Crippen molar-refractivity contribution in [2.75, 3.05) is 0 Å². The Morgan fingerprint density at radius 1 is 1.40 bits per heavy atom. The van der Waals surface area contributed by atoms with E-state index in [9.17, 15) is 0 Å². The average molecular weight is 155 g/mol. The number of halogens is 1. The van der Waals surface area contributed by atoms with Gasteiger partial charge in [-0.15, -0.1) is 0 Å². The standard InChI is InChI=1S/C5H3ClN4/c6-5-7-2-1-4-8-3-9-10(4)5/h1-3H. The van der Waals surface area contributed by atoms with Gasteiger partial charge in [-0.05, 0) is 11.6 Å². The quantitative estimate of drug-likeness (QED) is 0.527. The first-order chi connectivity index (χ1) is 4.88. The summed E-state index contributed by atoms with van der Waals surface area (Å²) >= 11 is 5.65. The molecule has 0 fully saturated rings. The fraction of sp³-hybridized carbons (Fsp3) is 0. The predicted molar refractivity (Wildman–Crippen MR) is 35.8 cm³/mol. The zero-order valence-corrected chi connectivity index (χ0v) is 5.65. The molecule has 5 heteroatoms. The molecule has 0 spiro atoms. The van der Waals surface area contributed by atoms with E-state index >= 15 is 0 Å². The van der Waals surface area contributed by atoms with Crippen LogP contribution in [0.3, 0.4) is 0 Å². The van der Waals surface area contributed by atoms with E-state index in [0.717, 1.165) is 0 Å². The van der Waals surface area contributed by atoms with Gasteiger partial charge in [0.2, 0.25) is 5.28 Å². The number of aromatic nitrogens is 4. The van der Waals surface area contributed by atoms with E-state index in [0.29, 0.717) is 10.9 Å². The first-order valence-corrected chi connectivity index (χ1v) is 3.06. The van der Waals surface area contributed by atoms with E-state index in [-0.39, 0.29) is 0 Å². The largest absolute Gasteiger partial charge is 0.226 e. The molecule has 50 valence electrons. The third kappa shape index (κ3) is 0.657. The van der Waals surface area contributed by atoms with Crippen molar-refractivity contribution in [3.05, 3.63) is 23.9 Å². The molecule has 0 saturated carbocycles. The first kappa shape index (κ1) is 5.61. The van der Waals surface area contributed by atoms with Crippen LogP contribution in [0.15, 0.2) is 18.6 Å². The second-order valence-corrected chi connectivity index (χ2v) is 2.08. The maximum Gasteiger partial charge on any atom is 0.225 e. The van der Waals surface area contributed by atoms with Gasteiger partial charge in [0.15, 0.2) is 5.65 Å². The average Bonchev–Trinajstić information content (AvgIpc) is 2.36. The van der Waals surface area contributed by atoms with E-state index in [4.69, 9.17) is 11.6 Å². The number of hydrogen-bond donors (Lipinski definition) is 0. The maximum atomic E-state index is 5.65. The molecule has 0 saturated heterocycles. The molecule has 2 rings (SSSR count). The minimum Gasteiger partial charge on any atom is -0.226 e. The van der Waals surface area contributed by atoms with Gasteiger partial charge in [0.1, 0.15) is 6.33 Å². The van der Waals surface area contributed by atoms with Crippen LogP contribution in [0.25, 0.3) is 5.65 Å². The summed E-state index contributed by atoms with van der Waals surface area (Å²) in [6, 6.07) is 1.74. The fourth-order valence-electron chi connectivity index (χ4n) is 0.726. The predicted octanol–water partition coefficient (Wildman–Crippen LogP) is 0.778. The van der Waals surface area contributed by atoms with Gasteiger partial charge in [-0.3, -0.25) is 0 Å². The highest BCUT2D eigenvalue weighted by molar-refractivity contribution is 6.28. The number of hydrogen-bond acceptors (Lipinski definition) is 3. The lowest BCUT2D eigenvalue weighted by Gasteiger charge is -1.90. The van der Waals surface area contributed by atoms with Gasteiger partial charge < -0.3 is 0 Å². The van der Waals surface area contributed by atoms with E-state index in [1.165, 1.54) is 10.8 Å². The van der Waals surface area contributed by atoms with Gasteiger partial charge in [-0.25, -0.2) is 9.97 Å². The molecule has 0 aromatic carbocycles. The van der Waals surface area contributed by atoms with Gasteiger partial charge in [0.05, 0.1) is 0 Å². The normalized spacial score (nSPS) is 10.5. The number of nitrogens with zero attached hydrogens (tertiary/aromatic N) is 4. The van der Waals surface area contributed by atoms with Crippen LogP contribution in [0, 0.1) is 0 Å². The van der Waals surface area contributed by atoms with Crippen molar-refractivity contribution in [2.45, 2.75) is 0 Å². The molecular formula is C5H3ClN4. The second-order valence-electron chi connectivity index (χ2n) is 1.74. The van der Waals surface area contributed by atoms with Gasteiger partial charge in [0, 0.05) is 12.3 Å². The van der Waals surface area contributed by atoms with Crippen molar-refractivity contribution in [1.82, 2.24) is 19.6 Å². The molecule has 10 heavy (non-hydrogen) atoms. The molecule has 0 atom stereocenters. The highest BCUT2D eigenvalue weighted by Gasteiger charge is 1.97. The molecule has 0 N–H and O–H groups in total. The monoisotopic (exact) mass is 154 g/mol. The second kappa shape index (κ2) is 1.91. The van der Waals surface area contributed by atoms with E-state index in [1.54, 1.807) is 12.3 Å². The topological polar surface area (TPSA) is 43.1 Å². The number of rotatable bonds is 0. The Balaban J connectivity index is 2.95. The Labute approximate surface area is 61.5 Å². The molecule has 0 aliphatic rings. The zero-order valence-electron chi connectivity index (χ0n) is 4.90. The van der Waals surface area contributed by atoms with Gasteiger partial charge in [0.25, 0.3) is 0 Å². The van der Waals surface area contributed by atoms with Crippen molar-refractivity contribution in [3.8, 4) is 0 Å². The van der Waals surface area contributed by atoms with Gasteiger partial charge in [-0.2, -0.15) is 9.61 Å². The van der Waals surface area contributed by atoms with Crippen molar-refractivity contribution in [1.29, 1.82) is 0 Å². The molecule has 0 unspecified atom stereocenters. The Morgan fingerprint density at radius 3 is 3.10 bits per heavy atom. The molecule has 0 aliphatic heterocycles. The summed E-state index contributed by atoms with van der Waals surface area (Å²) in [7, 11) is 0. The molecule has 0 amide bonds. The van der Waals surface area contributed by atoms with Crippen LogP contribution in [0.2, 0.25) is 5.28 Å². The lowest BCUT2D eigenvalue weighted by molar-refractivity contribution is 0.923. The molecule has 0 radical (unpaired) electrons. The molecule has 0 bridgehead atoms. The Bertz CT molecular complexity index is 355. The zero-order chi connectivity index (χ0) is 6.97. The highest BCUT2D eigenvalue weighted by atomic mass is 35.5. The van der Waals surface area contributed by atoms with Crippen molar-refractivity contribution in [3.63, 3.8) is 0 Å². The summed E-state index contributed by atoms with van der Waals surface area (Å²) in [5, 5.41) is 4.16. The van der Waals surface area contributed by atoms with Gasteiger partial charge >= 0.3 is 0 Å². The van der Waals surface area contributed by atoms with Crippen molar-refractivity contribution >= 4 is 17.2 Å². The van der Waals surface area contributed by atoms with Crippen LogP contribution in [-0.2, 0) is 0 Å². The lowest BCUT2D eigenvalue weighted by atomic mass is 10.6. The Hall–Kier alpha value is -1.16. The Morgan fingerprint density at radius 2 is 2.30 bits per heavy atom. The molecule has 0 aliphatic carbocycles. The van der Waals surface area contributed by atoms with E-state index in [2.05, 4.69) is 15.1 Å². The highest BCUT2D eigenvalue weighted by Crippen LogP contribution is 2.03. The fourth-order valence-corrected chi connectivity index (χ4v) is 0.913. The maximum absolute atomic E-state index is 5.65. The summed E-state index contributed by atoms with van der Waals surface area (Å²) in [4.78, 5) is 7.71. The van der Waals surface area contributed by atoms with Crippen LogP contribution in [-0.4, -0.2) is 19.6 Å². The van der Waals surface area contributed by atoms with Crippen LogP contribution in [0.5, 0.6) is 0 Å². The minimum absolute atomic E-state index is 0.329. The van der Waals surface area contributed by atoms with Crippen molar-refractivity contribution < 1.29 is 0 Å². The SMILES string of the molecule is Clc1nccc2ncnn12. The molecule has 2 heterocycles.